The molecule has 0 amide bonds. The van der Waals surface area contributed by atoms with Gasteiger partial charge in [0.1, 0.15) is 5.75 Å². The first-order chi connectivity index (χ1) is 9.10. The highest BCUT2D eigenvalue weighted by Crippen LogP contribution is 2.22. The quantitative estimate of drug-likeness (QED) is 0.717. The molecule has 0 aliphatic carbocycles. The summed E-state index contributed by atoms with van der Waals surface area (Å²) in [7, 11) is 1.54. The standard InChI is InChI=1S/C11H12N6O2/c1-19-7-4-2-3-6(5-7)16-17-8-9(12)14-11(13)15-10(8)18/h2-5H,1H3,(H5,12,13,14,15,18). The van der Waals surface area contributed by atoms with E-state index < -0.39 is 5.56 Å². The van der Waals surface area contributed by atoms with Crippen molar-refractivity contribution in [2.24, 2.45) is 10.2 Å². The number of nitrogens with zero attached hydrogens (tertiary/aromatic N) is 3. The lowest BCUT2D eigenvalue weighted by Crippen LogP contribution is -2.12. The lowest BCUT2D eigenvalue weighted by atomic mass is 10.3. The normalized spacial score (nSPS) is 10.8. The minimum Gasteiger partial charge on any atom is -0.497 e. The van der Waals surface area contributed by atoms with Gasteiger partial charge in [-0.3, -0.25) is 9.78 Å². The highest BCUT2D eigenvalue weighted by molar-refractivity contribution is 5.57. The van der Waals surface area contributed by atoms with Gasteiger partial charge < -0.3 is 16.2 Å². The Hall–Kier alpha value is -2.90. The number of H-pyrrole nitrogens is 1. The summed E-state index contributed by atoms with van der Waals surface area (Å²) in [4.78, 5) is 17.6. The maximum atomic E-state index is 11.6. The van der Waals surface area contributed by atoms with E-state index in [2.05, 4.69) is 20.2 Å². The second-order valence-corrected chi connectivity index (χ2v) is 3.59. The Bertz CT molecular complexity index is 679. The van der Waals surface area contributed by atoms with Crippen molar-refractivity contribution < 1.29 is 4.74 Å². The van der Waals surface area contributed by atoms with E-state index in [0.29, 0.717) is 11.4 Å². The fourth-order valence-corrected chi connectivity index (χ4v) is 1.38. The van der Waals surface area contributed by atoms with Crippen LogP contribution in [0.4, 0.5) is 23.1 Å². The number of nitrogen functional groups attached to an aromatic ring is 2. The van der Waals surface area contributed by atoms with Crippen molar-refractivity contribution >= 4 is 23.1 Å². The van der Waals surface area contributed by atoms with Gasteiger partial charge in [-0.25, -0.2) is 0 Å². The molecular formula is C11H12N6O2. The average molecular weight is 260 g/mol. The summed E-state index contributed by atoms with van der Waals surface area (Å²) in [6, 6.07) is 6.90. The Morgan fingerprint density at radius 3 is 2.79 bits per heavy atom. The molecule has 0 unspecified atom stereocenters. The molecule has 1 heterocycles. The minimum absolute atomic E-state index is 0.0668. The van der Waals surface area contributed by atoms with Crippen molar-refractivity contribution in [3.05, 3.63) is 34.6 Å². The van der Waals surface area contributed by atoms with Gasteiger partial charge in [0.25, 0.3) is 5.56 Å². The Morgan fingerprint density at radius 1 is 1.32 bits per heavy atom. The summed E-state index contributed by atoms with van der Waals surface area (Å²) in [5, 5.41) is 7.68. The number of rotatable bonds is 3. The highest BCUT2D eigenvalue weighted by atomic mass is 16.5. The molecule has 0 saturated heterocycles. The Kier molecular flexibility index (Phi) is 3.42. The summed E-state index contributed by atoms with van der Waals surface area (Å²) >= 11 is 0. The first kappa shape index (κ1) is 12.6. The van der Waals surface area contributed by atoms with Gasteiger partial charge in [-0.1, -0.05) is 6.07 Å². The van der Waals surface area contributed by atoms with Crippen LogP contribution in [0.3, 0.4) is 0 Å². The van der Waals surface area contributed by atoms with Crippen molar-refractivity contribution in [3.63, 3.8) is 0 Å². The molecule has 1 aromatic carbocycles. The van der Waals surface area contributed by atoms with E-state index in [1.165, 1.54) is 0 Å². The lowest BCUT2D eigenvalue weighted by molar-refractivity contribution is 0.415. The van der Waals surface area contributed by atoms with Crippen LogP contribution in [-0.4, -0.2) is 17.1 Å². The molecule has 2 aromatic rings. The molecule has 0 saturated carbocycles. The average Bonchev–Trinajstić information content (AvgIpc) is 2.37. The zero-order valence-corrected chi connectivity index (χ0v) is 10.1. The van der Waals surface area contributed by atoms with Crippen molar-refractivity contribution in [1.29, 1.82) is 0 Å². The van der Waals surface area contributed by atoms with Crippen LogP contribution in [0.1, 0.15) is 0 Å². The number of hydrogen-bond acceptors (Lipinski definition) is 7. The second-order valence-electron chi connectivity index (χ2n) is 3.59. The molecule has 1 aromatic heterocycles. The number of anilines is 2. The number of aromatic nitrogens is 2. The van der Waals surface area contributed by atoms with Crippen LogP contribution in [0, 0.1) is 0 Å². The number of nitrogens with one attached hydrogen (secondary N) is 1. The van der Waals surface area contributed by atoms with E-state index in [1.807, 2.05) is 0 Å². The Labute approximate surface area is 108 Å². The molecule has 0 radical (unpaired) electrons. The zero-order chi connectivity index (χ0) is 13.8. The van der Waals surface area contributed by atoms with Crippen LogP contribution in [-0.2, 0) is 0 Å². The van der Waals surface area contributed by atoms with Crippen molar-refractivity contribution in [2.75, 3.05) is 18.6 Å². The molecule has 0 aliphatic heterocycles. The molecule has 0 spiro atoms. The van der Waals surface area contributed by atoms with Crippen LogP contribution in [0.15, 0.2) is 39.3 Å². The van der Waals surface area contributed by atoms with E-state index in [-0.39, 0.29) is 17.5 Å². The zero-order valence-electron chi connectivity index (χ0n) is 10.1. The largest absolute Gasteiger partial charge is 0.497 e. The van der Waals surface area contributed by atoms with Gasteiger partial charge in [-0.15, -0.1) is 5.11 Å². The third-order valence-corrected chi connectivity index (χ3v) is 2.26. The molecular weight excluding hydrogens is 248 g/mol. The molecule has 19 heavy (non-hydrogen) atoms. The first-order valence-corrected chi connectivity index (χ1v) is 5.31. The minimum atomic E-state index is -0.545. The molecule has 0 fully saturated rings. The maximum Gasteiger partial charge on any atom is 0.282 e. The molecule has 5 N–H and O–H groups in total. The van der Waals surface area contributed by atoms with Crippen molar-refractivity contribution in [3.8, 4) is 5.75 Å². The van der Waals surface area contributed by atoms with Gasteiger partial charge in [-0.05, 0) is 12.1 Å². The number of aromatic amines is 1. The third-order valence-electron chi connectivity index (χ3n) is 2.26. The molecule has 2 rings (SSSR count). The summed E-state index contributed by atoms with van der Waals surface area (Å²) in [6.45, 7) is 0. The van der Waals surface area contributed by atoms with Gasteiger partial charge in [0.05, 0.1) is 12.8 Å². The number of methoxy groups -OCH3 is 1. The predicted molar refractivity (Wildman–Crippen MR) is 70.9 cm³/mol. The van der Waals surface area contributed by atoms with Crippen molar-refractivity contribution in [1.82, 2.24) is 9.97 Å². The van der Waals surface area contributed by atoms with Crippen LogP contribution in [0.2, 0.25) is 0 Å². The van der Waals surface area contributed by atoms with Crippen LogP contribution in [0.5, 0.6) is 5.75 Å². The van der Waals surface area contributed by atoms with Gasteiger partial charge in [-0.2, -0.15) is 10.1 Å². The van der Waals surface area contributed by atoms with Crippen LogP contribution >= 0.6 is 0 Å². The summed E-state index contributed by atoms with van der Waals surface area (Å²) in [5.41, 5.74) is 10.8. The second kappa shape index (κ2) is 5.17. The fourth-order valence-electron chi connectivity index (χ4n) is 1.38. The Morgan fingerprint density at radius 2 is 2.11 bits per heavy atom. The van der Waals surface area contributed by atoms with Gasteiger partial charge in [0.2, 0.25) is 5.95 Å². The van der Waals surface area contributed by atoms with Gasteiger partial charge >= 0.3 is 0 Å². The summed E-state index contributed by atoms with van der Waals surface area (Å²) < 4.78 is 5.05. The summed E-state index contributed by atoms with van der Waals surface area (Å²) in [5.74, 6) is 0.490. The van der Waals surface area contributed by atoms with Crippen molar-refractivity contribution in [2.45, 2.75) is 0 Å². The third kappa shape index (κ3) is 2.86. The lowest BCUT2D eigenvalue weighted by Gasteiger charge is -2.00. The highest BCUT2D eigenvalue weighted by Gasteiger charge is 2.06. The van der Waals surface area contributed by atoms with E-state index in [9.17, 15) is 4.79 Å². The van der Waals surface area contributed by atoms with Gasteiger partial charge in [0, 0.05) is 6.07 Å². The van der Waals surface area contributed by atoms with Crippen LogP contribution < -0.4 is 21.8 Å². The van der Waals surface area contributed by atoms with E-state index in [4.69, 9.17) is 16.2 Å². The number of nitrogens with two attached hydrogens (primary N) is 2. The maximum absolute atomic E-state index is 11.6. The SMILES string of the molecule is COc1cccc(N=Nc2c(N)nc(N)[nH]c2=O)c1. The topological polar surface area (TPSA) is 132 Å². The van der Waals surface area contributed by atoms with Gasteiger partial charge in [0.15, 0.2) is 11.5 Å². The van der Waals surface area contributed by atoms with E-state index in [0.717, 1.165) is 0 Å². The Balaban J connectivity index is 2.35. The number of hydrogen-bond donors (Lipinski definition) is 3. The smallest absolute Gasteiger partial charge is 0.282 e. The molecule has 8 nitrogen and oxygen atoms in total. The van der Waals surface area contributed by atoms with E-state index >= 15 is 0 Å². The first-order valence-electron chi connectivity index (χ1n) is 5.31. The molecule has 8 heteroatoms. The van der Waals surface area contributed by atoms with E-state index in [1.54, 1.807) is 31.4 Å². The monoisotopic (exact) mass is 260 g/mol. The number of azo groups is 1. The van der Waals surface area contributed by atoms with Crippen LogP contribution in [0.25, 0.3) is 0 Å². The fraction of sp³-hybridized carbons (Fsp3) is 0.0909. The molecule has 98 valence electrons. The predicted octanol–water partition coefficient (Wildman–Crippen LogP) is 1.36. The molecule has 0 bridgehead atoms. The number of benzene rings is 1. The number of ether oxygens (including phenoxy) is 1. The summed E-state index contributed by atoms with van der Waals surface area (Å²) in [6.07, 6.45) is 0. The molecule has 0 aliphatic rings. The molecule has 0 atom stereocenters.